The van der Waals surface area contributed by atoms with E-state index in [1.807, 2.05) is 5.32 Å². The molecule has 3 rings (SSSR count). The molecule has 1 aliphatic rings. The maximum Gasteiger partial charge on any atom is 0.318 e. The second-order valence-corrected chi connectivity index (χ2v) is 9.36. The van der Waals surface area contributed by atoms with Crippen molar-refractivity contribution in [3.8, 4) is 11.5 Å². The molecule has 0 saturated carbocycles. The van der Waals surface area contributed by atoms with E-state index in [4.69, 9.17) is 10.2 Å². The molecule has 156 valence electrons. The van der Waals surface area contributed by atoms with E-state index < -0.39 is 22.0 Å². The van der Waals surface area contributed by atoms with Crippen LogP contribution in [0.1, 0.15) is 25.7 Å². The van der Waals surface area contributed by atoms with E-state index in [1.54, 1.807) is 18.2 Å². The van der Waals surface area contributed by atoms with Gasteiger partial charge in [0.25, 0.3) is 5.22 Å². The lowest BCUT2D eigenvalue weighted by atomic mass is 10.2. The number of carbonyl (C=O) groups is 2. The second kappa shape index (κ2) is 9.37. The summed E-state index contributed by atoms with van der Waals surface area (Å²) in [6.45, 7) is 1.05. The van der Waals surface area contributed by atoms with Gasteiger partial charge in [0.05, 0.1) is 4.90 Å². The van der Waals surface area contributed by atoms with Gasteiger partial charge in [0.15, 0.2) is 0 Å². The number of nitrogens with zero attached hydrogens (tertiary/aromatic N) is 3. The standard InChI is InChI=1S/C17H21N5O5S2/c18-16(24)19-14(23)7-10-28-17-21-20-15(27-17)12-5-4-6-13(11-12)29(25,26)22-8-2-1-3-9-22/h4-6,11H,1-3,7-10H2,(H3,18,19,23,24). The van der Waals surface area contributed by atoms with Crippen molar-refractivity contribution < 1.29 is 22.4 Å². The molecule has 3 N–H and O–H groups in total. The Balaban J connectivity index is 1.67. The topological polar surface area (TPSA) is 148 Å². The van der Waals surface area contributed by atoms with Gasteiger partial charge in [0.2, 0.25) is 21.8 Å². The zero-order valence-corrected chi connectivity index (χ0v) is 17.2. The molecule has 0 radical (unpaired) electrons. The number of piperidine rings is 1. The van der Waals surface area contributed by atoms with E-state index in [-0.39, 0.29) is 22.4 Å². The molecule has 0 atom stereocenters. The zero-order chi connectivity index (χ0) is 20.9. The average Bonchev–Trinajstić information content (AvgIpc) is 3.17. The monoisotopic (exact) mass is 439 g/mol. The van der Waals surface area contributed by atoms with E-state index in [0.717, 1.165) is 31.0 Å². The summed E-state index contributed by atoms with van der Waals surface area (Å²) in [5, 5.41) is 10.0. The van der Waals surface area contributed by atoms with Gasteiger partial charge in [-0.2, -0.15) is 4.31 Å². The molecule has 1 saturated heterocycles. The van der Waals surface area contributed by atoms with E-state index in [1.165, 1.54) is 10.4 Å². The SMILES string of the molecule is NC(=O)NC(=O)CCSc1nnc(-c2cccc(S(=O)(=O)N3CCCCC3)c2)o1. The number of hydrogen-bond acceptors (Lipinski definition) is 8. The fourth-order valence-electron chi connectivity index (χ4n) is 2.86. The molecule has 0 bridgehead atoms. The summed E-state index contributed by atoms with van der Waals surface area (Å²) < 4.78 is 32.7. The van der Waals surface area contributed by atoms with Crippen LogP contribution in [0.4, 0.5) is 4.79 Å². The third-order valence-electron chi connectivity index (χ3n) is 4.26. The average molecular weight is 440 g/mol. The van der Waals surface area contributed by atoms with Crippen molar-refractivity contribution in [2.45, 2.75) is 35.8 Å². The highest BCUT2D eigenvalue weighted by Gasteiger charge is 2.26. The van der Waals surface area contributed by atoms with Crippen LogP contribution in [0.25, 0.3) is 11.5 Å². The number of rotatable bonds is 7. The van der Waals surface area contributed by atoms with E-state index in [2.05, 4.69) is 10.2 Å². The Labute approximate surface area is 172 Å². The molecule has 1 aromatic carbocycles. The van der Waals surface area contributed by atoms with Crippen LogP contribution < -0.4 is 11.1 Å². The summed E-state index contributed by atoms with van der Waals surface area (Å²) in [5.74, 6) is -0.00504. The van der Waals surface area contributed by atoms with Crippen molar-refractivity contribution in [2.75, 3.05) is 18.8 Å². The lowest BCUT2D eigenvalue weighted by Crippen LogP contribution is -2.35. The molecule has 1 aliphatic heterocycles. The van der Waals surface area contributed by atoms with Crippen LogP contribution in [0.2, 0.25) is 0 Å². The lowest BCUT2D eigenvalue weighted by Gasteiger charge is -2.25. The summed E-state index contributed by atoms with van der Waals surface area (Å²) in [6, 6.07) is 5.50. The normalized spacial score (nSPS) is 15.2. The molecule has 1 aromatic heterocycles. The molecule has 12 heteroatoms. The Hall–Kier alpha value is -2.44. The van der Waals surface area contributed by atoms with Gasteiger partial charge >= 0.3 is 6.03 Å². The molecule has 29 heavy (non-hydrogen) atoms. The number of urea groups is 1. The Morgan fingerprint density at radius 2 is 1.97 bits per heavy atom. The quantitative estimate of drug-likeness (QED) is 0.618. The minimum atomic E-state index is -3.56. The number of imide groups is 1. The number of nitrogens with one attached hydrogen (secondary N) is 1. The number of primary amides is 1. The number of carbonyl (C=O) groups excluding carboxylic acids is 2. The van der Waals surface area contributed by atoms with Crippen molar-refractivity contribution in [3.63, 3.8) is 0 Å². The summed E-state index contributed by atoms with van der Waals surface area (Å²) in [5.41, 5.74) is 5.36. The van der Waals surface area contributed by atoms with Gasteiger partial charge in [0, 0.05) is 30.8 Å². The minimum absolute atomic E-state index is 0.0505. The first-order valence-corrected chi connectivity index (χ1v) is 11.4. The highest BCUT2D eigenvalue weighted by atomic mass is 32.2. The summed E-state index contributed by atoms with van der Waals surface area (Å²) in [6.07, 6.45) is 2.81. The Kier molecular flexibility index (Phi) is 6.87. The first-order chi connectivity index (χ1) is 13.9. The third kappa shape index (κ3) is 5.55. The van der Waals surface area contributed by atoms with Crippen molar-refractivity contribution in [1.82, 2.24) is 19.8 Å². The molecule has 0 aliphatic carbocycles. The number of hydrogen-bond donors (Lipinski definition) is 2. The van der Waals surface area contributed by atoms with Gasteiger partial charge in [-0.1, -0.05) is 24.2 Å². The Morgan fingerprint density at radius 3 is 2.69 bits per heavy atom. The van der Waals surface area contributed by atoms with Gasteiger partial charge in [0.1, 0.15) is 0 Å². The smallest absolute Gasteiger partial charge is 0.318 e. The van der Waals surface area contributed by atoms with E-state index >= 15 is 0 Å². The molecule has 10 nitrogen and oxygen atoms in total. The number of nitrogens with two attached hydrogens (primary N) is 1. The highest BCUT2D eigenvalue weighted by molar-refractivity contribution is 7.99. The van der Waals surface area contributed by atoms with Gasteiger partial charge < -0.3 is 10.2 Å². The van der Waals surface area contributed by atoms with Crippen molar-refractivity contribution in [2.24, 2.45) is 5.73 Å². The van der Waals surface area contributed by atoms with Gasteiger partial charge in [-0.15, -0.1) is 10.2 Å². The highest BCUT2D eigenvalue weighted by Crippen LogP contribution is 2.27. The van der Waals surface area contributed by atoms with Gasteiger partial charge in [-0.25, -0.2) is 13.2 Å². The van der Waals surface area contributed by atoms with Crippen molar-refractivity contribution >= 4 is 33.7 Å². The number of thioether (sulfide) groups is 1. The maximum atomic E-state index is 12.8. The predicted molar refractivity (Wildman–Crippen MR) is 105 cm³/mol. The van der Waals surface area contributed by atoms with Crippen LogP contribution in [-0.4, -0.2) is 53.7 Å². The molecule has 0 unspecified atom stereocenters. The van der Waals surface area contributed by atoms with Crippen molar-refractivity contribution in [1.29, 1.82) is 0 Å². The molecule has 3 amide bonds. The molecule has 2 aromatic rings. The summed E-state index contributed by atoms with van der Waals surface area (Å²) in [7, 11) is -3.56. The van der Waals surface area contributed by atoms with Crippen LogP contribution in [0, 0.1) is 0 Å². The van der Waals surface area contributed by atoms with Gasteiger partial charge in [-0.05, 0) is 31.0 Å². The molecule has 1 fully saturated rings. The number of benzene rings is 1. The fraction of sp³-hybridized carbons (Fsp3) is 0.412. The van der Waals surface area contributed by atoms with E-state index in [0.29, 0.717) is 24.4 Å². The molecular weight excluding hydrogens is 418 g/mol. The van der Waals surface area contributed by atoms with Crippen LogP contribution in [0.15, 0.2) is 38.8 Å². The van der Waals surface area contributed by atoms with Crippen LogP contribution in [0.5, 0.6) is 0 Å². The van der Waals surface area contributed by atoms with Crippen LogP contribution in [-0.2, 0) is 14.8 Å². The predicted octanol–water partition coefficient (Wildman–Crippen LogP) is 1.59. The summed E-state index contributed by atoms with van der Waals surface area (Å²) in [4.78, 5) is 22.2. The fourth-order valence-corrected chi connectivity index (χ4v) is 5.12. The zero-order valence-electron chi connectivity index (χ0n) is 15.5. The summed E-state index contributed by atoms with van der Waals surface area (Å²) >= 11 is 1.14. The molecule has 2 heterocycles. The first-order valence-electron chi connectivity index (χ1n) is 9.02. The second-order valence-electron chi connectivity index (χ2n) is 6.38. The molecule has 0 spiro atoms. The Morgan fingerprint density at radius 1 is 1.21 bits per heavy atom. The number of amides is 3. The van der Waals surface area contributed by atoms with Crippen LogP contribution in [0.3, 0.4) is 0 Å². The van der Waals surface area contributed by atoms with Crippen LogP contribution >= 0.6 is 11.8 Å². The Bertz CT molecular complexity index is 986. The number of aromatic nitrogens is 2. The van der Waals surface area contributed by atoms with E-state index in [9.17, 15) is 18.0 Å². The minimum Gasteiger partial charge on any atom is -0.411 e. The lowest BCUT2D eigenvalue weighted by molar-refractivity contribution is -0.119. The number of sulfonamides is 1. The first kappa shape index (κ1) is 21.3. The maximum absolute atomic E-state index is 12.8. The molecular formula is C17H21N5O5S2. The third-order valence-corrected chi connectivity index (χ3v) is 6.97. The van der Waals surface area contributed by atoms with Gasteiger partial charge in [-0.3, -0.25) is 10.1 Å². The van der Waals surface area contributed by atoms with Crippen molar-refractivity contribution in [3.05, 3.63) is 24.3 Å². The largest absolute Gasteiger partial charge is 0.411 e.